The van der Waals surface area contributed by atoms with Crippen LogP contribution in [-0.4, -0.2) is 21.1 Å². The molecule has 0 saturated carbocycles. The number of hydrogen-bond acceptors (Lipinski definition) is 3. The SMILES string of the molecule is C=C1/C=C(c2ccccc2)\C=C/CN(c2cccc(-c3cc(-c4ccccc4)c4ccc5c(-c6ccccc6)cc(-c6cccc(-n7c8ccc(-c9ccccc9)cc8c8cc(-c9ccccc9)ccc87)c6)nc5c4n3)c2)c2ccc(-c3ccccc3)cc21. The smallest absolute Gasteiger partial charge is 0.0978 e. The van der Waals surface area contributed by atoms with Crippen LogP contribution < -0.4 is 4.90 Å². The van der Waals surface area contributed by atoms with E-state index in [2.05, 4.69) is 337 Å². The fourth-order valence-corrected chi connectivity index (χ4v) is 13.1. The van der Waals surface area contributed by atoms with Crippen LogP contribution in [0.5, 0.6) is 0 Å². The summed E-state index contributed by atoms with van der Waals surface area (Å²) >= 11 is 0. The number of fused-ring (bicyclic) bond motifs is 7. The molecule has 1 aliphatic rings. The van der Waals surface area contributed by atoms with E-state index in [1.54, 1.807) is 0 Å². The topological polar surface area (TPSA) is 34.0 Å². The third-order valence-corrected chi connectivity index (χ3v) is 17.5. The minimum atomic E-state index is 0.626. The first kappa shape index (κ1) is 52.8. The second-order valence-electron chi connectivity index (χ2n) is 22.9. The number of aromatic nitrogens is 3. The molecule has 4 heterocycles. The van der Waals surface area contributed by atoms with Crippen molar-refractivity contribution < 1.29 is 0 Å². The van der Waals surface area contributed by atoms with Gasteiger partial charge in [0.15, 0.2) is 0 Å². The maximum Gasteiger partial charge on any atom is 0.0978 e. The number of anilines is 2. The van der Waals surface area contributed by atoms with Gasteiger partial charge in [-0.1, -0.05) is 255 Å². The average Bonchev–Trinajstić information content (AvgIpc) is 1.85. The van der Waals surface area contributed by atoms with Gasteiger partial charge in [-0.3, -0.25) is 0 Å². The zero-order valence-electron chi connectivity index (χ0n) is 48.9. The van der Waals surface area contributed by atoms with Gasteiger partial charge in [0.1, 0.15) is 0 Å². The molecule has 0 spiro atoms. The van der Waals surface area contributed by atoms with Crippen molar-refractivity contribution in [3.05, 3.63) is 345 Å². The highest BCUT2D eigenvalue weighted by Gasteiger charge is 2.22. The van der Waals surface area contributed by atoms with Crippen LogP contribution in [0.1, 0.15) is 11.1 Å². The molecule has 418 valence electrons. The van der Waals surface area contributed by atoms with Crippen LogP contribution in [0.4, 0.5) is 11.4 Å². The molecule has 1 aliphatic heterocycles. The van der Waals surface area contributed by atoms with Crippen LogP contribution in [0.2, 0.25) is 0 Å². The summed E-state index contributed by atoms with van der Waals surface area (Å²) in [5.41, 5.74) is 26.6. The van der Waals surface area contributed by atoms with E-state index in [0.29, 0.717) is 6.54 Å². The number of pyridine rings is 2. The Labute approximate surface area is 518 Å². The first-order valence-electron chi connectivity index (χ1n) is 30.4. The number of benzene rings is 12. The maximum atomic E-state index is 5.77. The lowest BCUT2D eigenvalue weighted by Gasteiger charge is -2.27. The third-order valence-electron chi connectivity index (χ3n) is 17.5. The van der Waals surface area contributed by atoms with E-state index in [1.807, 2.05) is 0 Å². The van der Waals surface area contributed by atoms with Crippen molar-refractivity contribution in [2.75, 3.05) is 11.4 Å². The predicted molar refractivity (Wildman–Crippen MR) is 375 cm³/mol. The van der Waals surface area contributed by atoms with Crippen molar-refractivity contribution in [3.8, 4) is 83.8 Å². The molecule has 0 saturated heterocycles. The molecule has 0 bridgehead atoms. The largest absolute Gasteiger partial charge is 0.337 e. The summed E-state index contributed by atoms with van der Waals surface area (Å²) in [5.74, 6) is 0. The van der Waals surface area contributed by atoms with E-state index in [1.165, 1.54) is 33.0 Å². The highest BCUT2D eigenvalue weighted by atomic mass is 15.1. The van der Waals surface area contributed by atoms with Gasteiger partial charge in [0.25, 0.3) is 0 Å². The molecule has 12 aromatic carbocycles. The number of hydrogen-bond donors (Lipinski definition) is 0. The third kappa shape index (κ3) is 9.89. The predicted octanol–water partition coefficient (Wildman–Crippen LogP) is 22.4. The number of allylic oxidation sites excluding steroid dienone is 4. The first-order chi connectivity index (χ1) is 44.0. The van der Waals surface area contributed by atoms with Crippen molar-refractivity contribution >= 4 is 66.1 Å². The van der Waals surface area contributed by atoms with Gasteiger partial charge < -0.3 is 9.47 Å². The van der Waals surface area contributed by atoms with E-state index in [4.69, 9.17) is 16.5 Å². The molecule has 0 radical (unpaired) electrons. The zero-order chi connectivity index (χ0) is 59.2. The fraction of sp³-hybridized carbons (Fsp3) is 0.0118. The second kappa shape index (κ2) is 22.6. The summed E-state index contributed by atoms with van der Waals surface area (Å²) in [6.45, 7) is 5.38. The molecule has 0 amide bonds. The zero-order valence-corrected chi connectivity index (χ0v) is 48.9. The lowest BCUT2D eigenvalue weighted by molar-refractivity contribution is 1.09. The Morgan fingerprint density at radius 3 is 1.21 bits per heavy atom. The van der Waals surface area contributed by atoms with E-state index in [-0.39, 0.29) is 0 Å². The Kier molecular flexibility index (Phi) is 13.4. The van der Waals surface area contributed by atoms with Crippen molar-refractivity contribution in [1.82, 2.24) is 14.5 Å². The molecule has 15 aromatic rings. The van der Waals surface area contributed by atoms with Gasteiger partial charge in [-0.15, -0.1) is 0 Å². The van der Waals surface area contributed by atoms with Crippen molar-refractivity contribution in [1.29, 1.82) is 0 Å². The van der Waals surface area contributed by atoms with E-state index in [0.717, 1.165) is 128 Å². The molecule has 4 heteroatoms. The summed E-state index contributed by atoms with van der Waals surface area (Å²) in [6, 6.07) is 111. The van der Waals surface area contributed by atoms with Crippen LogP contribution in [0.3, 0.4) is 0 Å². The molecule has 0 fully saturated rings. The number of nitrogens with zero attached hydrogens (tertiary/aromatic N) is 4. The van der Waals surface area contributed by atoms with Gasteiger partial charge in [-0.2, -0.15) is 0 Å². The monoisotopic (exact) mass is 1130 g/mol. The van der Waals surface area contributed by atoms with Gasteiger partial charge in [0.2, 0.25) is 0 Å². The highest BCUT2D eigenvalue weighted by molar-refractivity contribution is 6.14. The van der Waals surface area contributed by atoms with Crippen molar-refractivity contribution in [2.24, 2.45) is 0 Å². The standard InChI is InChI=1S/C85H58N4/c1-57-49-64(58-23-8-2-9-24-58)37-22-48-88(81-45-40-65(52-74(57)81)59-25-10-3-11-26-59)70-38-20-35-68(50-70)79-55-75(62-31-16-6-17-32-62)72-43-44-73-76(63-33-18-7-19-34-63)56-80(87-85(73)84(72)86-79)69-36-21-39-71(51-69)89-82-46-41-66(60-27-12-4-13-28-60)53-77(82)78-54-67(42-47-83(78)89)61-29-14-5-15-30-61/h2-47,49-56H,1,48H2/b37-22-,64-49+. The van der Waals surface area contributed by atoms with Crippen molar-refractivity contribution in [2.45, 2.75) is 0 Å². The maximum absolute atomic E-state index is 5.77. The van der Waals surface area contributed by atoms with Crippen LogP contribution in [0.15, 0.2) is 334 Å². The number of rotatable bonds is 10. The van der Waals surface area contributed by atoms with Crippen LogP contribution in [-0.2, 0) is 0 Å². The molecule has 4 nitrogen and oxygen atoms in total. The Balaban J connectivity index is 0.867. The van der Waals surface area contributed by atoms with Crippen LogP contribution >= 0.6 is 0 Å². The molecule has 0 unspecified atom stereocenters. The van der Waals surface area contributed by atoms with Gasteiger partial charge in [-0.05, 0) is 151 Å². The van der Waals surface area contributed by atoms with Gasteiger partial charge in [0.05, 0.1) is 33.5 Å². The van der Waals surface area contributed by atoms with Crippen LogP contribution in [0.25, 0.3) is 139 Å². The molecular weight excluding hydrogens is 1080 g/mol. The molecule has 0 N–H and O–H groups in total. The minimum Gasteiger partial charge on any atom is -0.337 e. The summed E-state index contributed by atoms with van der Waals surface area (Å²) in [5, 5.41) is 4.46. The summed E-state index contributed by atoms with van der Waals surface area (Å²) in [7, 11) is 0. The summed E-state index contributed by atoms with van der Waals surface area (Å²) in [6.07, 6.45) is 6.72. The Morgan fingerprint density at radius 1 is 0.303 bits per heavy atom. The Hall–Kier alpha value is -11.7. The Morgan fingerprint density at radius 2 is 0.719 bits per heavy atom. The molecular formula is C85H58N4. The lowest BCUT2D eigenvalue weighted by Crippen LogP contribution is -2.18. The van der Waals surface area contributed by atoms with Crippen LogP contribution in [0, 0.1) is 0 Å². The van der Waals surface area contributed by atoms with E-state index in [9.17, 15) is 0 Å². The molecule has 89 heavy (non-hydrogen) atoms. The average molecular weight is 1140 g/mol. The quantitative estimate of drug-likeness (QED) is 0.128. The summed E-state index contributed by atoms with van der Waals surface area (Å²) < 4.78 is 2.42. The summed E-state index contributed by atoms with van der Waals surface area (Å²) in [4.78, 5) is 14.0. The second-order valence-corrected chi connectivity index (χ2v) is 22.9. The minimum absolute atomic E-state index is 0.626. The molecule has 16 rings (SSSR count). The molecule has 3 aromatic heterocycles. The normalized spacial score (nSPS) is 13.4. The van der Waals surface area contributed by atoms with Crippen molar-refractivity contribution in [3.63, 3.8) is 0 Å². The molecule has 0 atom stereocenters. The van der Waals surface area contributed by atoms with Gasteiger partial charge in [0, 0.05) is 61.8 Å². The first-order valence-corrected chi connectivity index (χ1v) is 30.4. The highest BCUT2D eigenvalue weighted by Crippen LogP contribution is 2.44. The Bertz CT molecular complexity index is 5170. The van der Waals surface area contributed by atoms with E-state index >= 15 is 0 Å². The molecule has 0 aliphatic carbocycles. The van der Waals surface area contributed by atoms with Gasteiger partial charge in [-0.25, -0.2) is 9.97 Å². The van der Waals surface area contributed by atoms with Gasteiger partial charge >= 0.3 is 0 Å². The van der Waals surface area contributed by atoms with E-state index < -0.39 is 0 Å². The fourth-order valence-electron chi connectivity index (χ4n) is 13.1. The lowest BCUT2D eigenvalue weighted by atomic mass is 9.93.